The van der Waals surface area contributed by atoms with Crippen LogP contribution in [0.25, 0.3) is 0 Å². The first kappa shape index (κ1) is 10.8. The zero-order valence-electron chi connectivity index (χ0n) is 9.42. The van der Waals surface area contributed by atoms with Crippen LogP contribution >= 0.6 is 0 Å². The van der Waals surface area contributed by atoms with E-state index in [1.165, 1.54) is 12.8 Å². The van der Waals surface area contributed by atoms with Crippen LogP contribution in [0.5, 0.6) is 0 Å². The monoisotopic (exact) mass is 219 g/mol. The maximum Gasteiger partial charge on any atom is 0.251 e. The number of hydrogen-bond donors (Lipinski definition) is 3. The zero-order chi connectivity index (χ0) is 11.8. The minimum Gasteiger partial charge on any atom is -0.399 e. The van der Waals surface area contributed by atoms with Crippen LogP contribution in [-0.2, 0) is 0 Å². The third kappa shape index (κ3) is 2.45. The van der Waals surface area contributed by atoms with Crippen molar-refractivity contribution < 1.29 is 4.79 Å². The summed E-state index contributed by atoms with van der Waals surface area (Å²) in [4.78, 5) is 11.8. The van der Waals surface area contributed by atoms with Gasteiger partial charge in [0.1, 0.15) is 0 Å². The summed E-state index contributed by atoms with van der Waals surface area (Å²) >= 11 is 0. The molecule has 16 heavy (non-hydrogen) atoms. The largest absolute Gasteiger partial charge is 0.399 e. The molecule has 1 aliphatic carbocycles. The van der Waals surface area contributed by atoms with E-state index in [2.05, 4.69) is 12.2 Å². The Labute approximate surface area is 95.0 Å². The van der Waals surface area contributed by atoms with E-state index in [4.69, 9.17) is 11.5 Å². The van der Waals surface area contributed by atoms with Crippen molar-refractivity contribution in [2.45, 2.75) is 19.8 Å². The Morgan fingerprint density at radius 2 is 1.88 bits per heavy atom. The van der Waals surface area contributed by atoms with Crippen molar-refractivity contribution in [3.05, 3.63) is 23.8 Å². The predicted octanol–water partition coefficient (Wildman–Crippen LogP) is 1.38. The molecular weight excluding hydrogens is 202 g/mol. The Balaban J connectivity index is 2.02. The highest BCUT2D eigenvalue weighted by Gasteiger charge is 2.37. The quantitative estimate of drug-likeness (QED) is 0.672. The van der Waals surface area contributed by atoms with Gasteiger partial charge in [0.25, 0.3) is 5.91 Å². The molecule has 1 amide bonds. The molecular formula is C12H17N3O. The summed E-state index contributed by atoms with van der Waals surface area (Å²) in [6.07, 6.45) is 2.37. The first-order chi connectivity index (χ1) is 7.48. The third-order valence-electron chi connectivity index (χ3n) is 3.02. The van der Waals surface area contributed by atoms with Crippen molar-refractivity contribution in [2.75, 3.05) is 18.0 Å². The molecule has 0 saturated heterocycles. The van der Waals surface area contributed by atoms with E-state index in [0.29, 0.717) is 22.4 Å². The lowest BCUT2D eigenvalue weighted by atomic mass is 10.1. The first-order valence-corrected chi connectivity index (χ1v) is 5.43. The van der Waals surface area contributed by atoms with E-state index in [1.807, 2.05) is 0 Å². The summed E-state index contributed by atoms with van der Waals surface area (Å²) in [5.74, 6) is -0.105. The smallest absolute Gasteiger partial charge is 0.251 e. The molecule has 1 saturated carbocycles. The van der Waals surface area contributed by atoms with Crippen LogP contribution in [0.15, 0.2) is 18.2 Å². The van der Waals surface area contributed by atoms with Crippen molar-refractivity contribution in [1.29, 1.82) is 0 Å². The van der Waals surface area contributed by atoms with Crippen LogP contribution in [0.3, 0.4) is 0 Å². The molecule has 1 fully saturated rings. The number of rotatable bonds is 3. The van der Waals surface area contributed by atoms with Crippen molar-refractivity contribution >= 4 is 17.3 Å². The molecule has 1 aromatic carbocycles. The molecule has 0 unspecified atom stereocenters. The fraction of sp³-hybridized carbons (Fsp3) is 0.417. The molecule has 86 valence electrons. The van der Waals surface area contributed by atoms with Gasteiger partial charge in [-0.05, 0) is 36.5 Å². The highest BCUT2D eigenvalue weighted by Crippen LogP contribution is 2.44. The van der Waals surface area contributed by atoms with Gasteiger partial charge in [-0.2, -0.15) is 0 Å². The van der Waals surface area contributed by atoms with Crippen LogP contribution in [0.1, 0.15) is 30.1 Å². The summed E-state index contributed by atoms with van der Waals surface area (Å²) in [6, 6.07) is 4.92. The molecule has 0 heterocycles. The average molecular weight is 219 g/mol. The topological polar surface area (TPSA) is 81.1 Å². The Hall–Kier alpha value is -1.71. The van der Waals surface area contributed by atoms with Crippen molar-refractivity contribution in [3.63, 3.8) is 0 Å². The number of nitrogen functional groups attached to an aromatic ring is 2. The highest BCUT2D eigenvalue weighted by molar-refractivity contribution is 5.96. The van der Waals surface area contributed by atoms with E-state index >= 15 is 0 Å². The Morgan fingerprint density at radius 1 is 1.31 bits per heavy atom. The SMILES string of the molecule is CC1(CNC(=O)c2cc(N)cc(N)c2)CC1. The van der Waals surface area contributed by atoms with Gasteiger partial charge in [0.2, 0.25) is 0 Å². The number of hydrogen-bond acceptors (Lipinski definition) is 3. The number of anilines is 2. The van der Waals surface area contributed by atoms with Crippen LogP contribution in [-0.4, -0.2) is 12.5 Å². The molecule has 1 aromatic rings. The molecule has 5 N–H and O–H groups in total. The summed E-state index contributed by atoms with van der Waals surface area (Å²) in [6.45, 7) is 2.89. The summed E-state index contributed by atoms with van der Waals surface area (Å²) in [7, 11) is 0. The number of nitrogens with one attached hydrogen (secondary N) is 1. The lowest BCUT2D eigenvalue weighted by molar-refractivity contribution is 0.0946. The Kier molecular flexibility index (Phi) is 2.50. The Bertz CT molecular complexity index is 404. The summed E-state index contributed by atoms with van der Waals surface area (Å²) in [5.41, 5.74) is 13.1. The normalized spacial score (nSPS) is 16.8. The van der Waals surface area contributed by atoms with E-state index in [0.717, 1.165) is 6.54 Å². The van der Waals surface area contributed by atoms with Crippen molar-refractivity contribution in [1.82, 2.24) is 5.32 Å². The van der Waals surface area contributed by atoms with Crippen molar-refractivity contribution in [3.8, 4) is 0 Å². The molecule has 1 aliphatic rings. The van der Waals surface area contributed by atoms with Gasteiger partial charge in [-0.1, -0.05) is 6.92 Å². The van der Waals surface area contributed by atoms with Gasteiger partial charge >= 0.3 is 0 Å². The second-order valence-corrected chi connectivity index (χ2v) is 4.88. The minimum atomic E-state index is -0.105. The van der Waals surface area contributed by atoms with Gasteiger partial charge in [-0.15, -0.1) is 0 Å². The fourth-order valence-electron chi connectivity index (χ4n) is 1.59. The zero-order valence-corrected chi connectivity index (χ0v) is 9.42. The van der Waals surface area contributed by atoms with E-state index < -0.39 is 0 Å². The maximum absolute atomic E-state index is 11.8. The van der Waals surface area contributed by atoms with Crippen LogP contribution in [0, 0.1) is 5.41 Å². The van der Waals surface area contributed by atoms with Crippen LogP contribution in [0.2, 0.25) is 0 Å². The van der Waals surface area contributed by atoms with E-state index in [1.54, 1.807) is 18.2 Å². The highest BCUT2D eigenvalue weighted by atomic mass is 16.1. The summed E-state index contributed by atoms with van der Waals surface area (Å²) in [5, 5.41) is 2.91. The molecule has 4 heteroatoms. The van der Waals surface area contributed by atoms with Crippen molar-refractivity contribution in [2.24, 2.45) is 5.41 Å². The molecule has 0 aliphatic heterocycles. The van der Waals surface area contributed by atoms with Gasteiger partial charge in [-0.3, -0.25) is 4.79 Å². The van der Waals surface area contributed by atoms with E-state index in [-0.39, 0.29) is 5.91 Å². The second-order valence-electron chi connectivity index (χ2n) is 4.88. The maximum atomic E-state index is 11.8. The molecule has 4 nitrogen and oxygen atoms in total. The minimum absolute atomic E-state index is 0.105. The van der Waals surface area contributed by atoms with Gasteiger partial charge in [0, 0.05) is 23.5 Å². The summed E-state index contributed by atoms with van der Waals surface area (Å²) < 4.78 is 0. The second kappa shape index (κ2) is 3.70. The fourth-order valence-corrected chi connectivity index (χ4v) is 1.59. The number of carbonyl (C=O) groups is 1. The van der Waals surface area contributed by atoms with Crippen LogP contribution < -0.4 is 16.8 Å². The van der Waals surface area contributed by atoms with Crippen LogP contribution in [0.4, 0.5) is 11.4 Å². The number of carbonyl (C=O) groups excluding carboxylic acids is 1. The molecule has 2 rings (SSSR count). The van der Waals surface area contributed by atoms with Gasteiger partial charge in [0.05, 0.1) is 0 Å². The van der Waals surface area contributed by atoms with Gasteiger partial charge in [0.15, 0.2) is 0 Å². The molecule has 0 atom stereocenters. The molecule has 0 aromatic heterocycles. The van der Waals surface area contributed by atoms with E-state index in [9.17, 15) is 4.79 Å². The molecule has 0 spiro atoms. The third-order valence-corrected chi connectivity index (χ3v) is 3.02. The van der Waals surface area contributed by atoms with Gasteiger partial charge < -0.3 is 16.8 Å². The number of nitrogens with two attached hydrogens (primary N) is 2. The average Bonchev–Trinajstić information content (AvgIpc) is 2.92. The van der Waals surface area contributed by atoms with Gasteiger partial charge in [-0.25, -0.2) is 0 Å². The first-order valence-electron chi connectivity index (χ1n) is 5.43. The molecule has 0 bridgehead atoms. The lowest BCUT2D eigenvalue weighted by Crippen LogP contribution is -2.29. The predicted molar refractivity (Wildman–Crippen MR) is 64.9 cm³/mol. The molecule has 0 radical (unpaired) electrons. The number of benzene rings is 1. The lowest BCUT2D eigenvalue weighted by Gasteiger charge is -2.10. The number of amides is 1. The Morgan fingerprint density at radius 3 is 2.38 bits per heavy atom. The standard InChI is InChI=1S/C12H17N3O/c1-12(2-3-12)7-15-11(16)8-4-9(13)6-10(14)5-8/h4-6H,2-3,7,13-14H2,1H3,(H,15,16).